The van der Waals surface area contributed by atoms with E-state index in [0.717, 1.165) is 23.9 Å². The lowest BCUT2D eigenvalue weighted by Gasteiger charge is -2.02. The standard InChI is InChI=1S/C14H11NO2S2.H3O4P/c16-13(11-7-3-1-4-8-11)18-15-19-14(17)12-9-5-2-6-10-12;1-5(2,3)4/h1-10,15H;(H3,1,2,3,4). The van der Waals surface area contributed by atoms with E-state index in [4.69, 9.17) is 19.2 Å². The number of hydrogen-bond donors (Lipinski definition) is 4. The van der Waals surface area contributed by atoms with Crippen molar-refractivity contribution in [3.8, 4) is 0 Å². The predicted octanol–water partition coefficient (Wildman–Crippen LogP) is 2.62. The van der Waals surface area contributed by atoms with E-state index in [1.807, 2.05) is 12.1 Å². The van der Waals surface area contributed by atoms with Gasteiger partial charge >= 0.3 is 7.82 Å². The molecule has 0 radical (unpaired) electrons. The summed E-state index contributed by atoms with van der Waals surface area (Å²) in [7, 11) is -4.64. The van der Waals surface area contributed by atoms with Crippen LogP contribution in [0.4, 0.5) is 0 Å². The summed E-state index contributed by atoms with van der Waals surface area (Å²) in [5.74, 6) is 0. The topological polar surface area (TPSA) is 124 Å². The van der Waals surface area contributed by atoms with Gasteiger partial charge in [0, 0.05) is 35.0 Å². The summed E-state index contributed by atoms with van der Waals surface area (Å²) in [4.78, 5) is 45.0. The Morgan fingerprint density at radius 2 is 1.04 bits per heavy atom. The summed E-state index contributed by atoms with van der Waals surface area (Å²) in [6.45, 7) is 0. The van der Waals surface area contributed by atoms with Gasteiger partial charge in [0.05, 0.1) is 0 Å². The largest absolute Gasteiger partial charge is 0.466 e. The maximum Gasteiger partial charge on any atom is 0.466 e. The Hall–Kier alpha value is -1.45. The maximum absolute atomic E-state index is 11.7. The van der Waals surface area contributed by atoms with E-state index in [0.29, 0.717) is 11.1 Å². The Morgan fingerprint density at radius 1 is 0.750 bits per heavy atom. The van der Waals surface area contributed by atoms with Gasteiger partial charge in [0.2, 0.25) is 10.2 Å². The summed E-state index contributed by atoms with van der Waals surface area (Å²) in [6, 6.07) is 17.9. The van der Waals surface area contributed by atoms with Crippen LogP contribution in [0.5, 0.6) is 0 Å². The molecule has 10 heteroatoms. The molecule has 2 aromatic carbocycles. The Balaban J connectivity index is 0.000000505. The summed E-state index contributed by atoms with van der Waals surface area (Å²) >= 11 is 1.81. The maximum atomic E-state index is 11.7. The average Bonchev–Trinajstić information content (AvgIpc) is 2.54. The van der Waals surface area contributed by atoms with Gasteiger partial charge in [0.25, 0.3) is 0 Å². The number of phosphoric acid groups is 1. The van der Waals surface area contributed by atoms with Crippen molar-refractivity contribution < 1.29 is 28.8 Å². The third-order valence-corrected chi connectivity index (χ3v) is 3.80. The molecule has 0 heterocycles. The Morgan fingerprint density at radius 3 is 1.33 bits per heavy atom. The lowest BCUT2D eigenvalue weighted by molar-refractivity contribution is 0.108. The zero-order valence-corrected chi connectivity index (χ0v) is 14.6. The second kappa shape index (κ2) is 10.4. The molecule has 0 spiro atoms. The van der Waals surface area contributed by atoms with Gasteiger partial charge in [0.1, 0.15) is 0 Å². The highest BCUT2D eigenvalue weighted by atomic mass is 32.2. The Kier molecular flexibility index (Phi) is 8.94. The van der Waals surface area contributed by atoms with Crippen molar-refractivity contribution in [2.45, 2.75) is 0 Å². The van der Waals surface area contributed by atoms with E-state index >= 15 is 0 Å². The molecule has 0 fully saturated rings. The van der Waals surface area contributed by atoms with Crippen molar-refractivity contribution in [2.24, 2.45) is 0 Å². The van der Waals surface area contributed by atoms with Crippen molar-refractivity contribution in [1.82, 2.24) is 4.13 Å². The summed E-state index contributed by atoms with van der Waals surface area (Å²) in [6.07, 6.45) is 0. The molecule has 0 aromatic heterocycles. The SMILES string of the molecule is O=C(SNSC(=O)c1ccccc1)c1ccccc1.O=P(O)(O)O. The van der Waals surface area contributed by atoms with Gasteiger partial charge < -0.3 is 14.7 Å². The molecular weight excluding hydrogens is 373 g/mol. The second-order valence-corrected chi connectivity index (χ2v) is 6.95. The molecule has 0 saturated heterocycles. The van der Waals surface area contributed by atoms with Gasteiger partial charge in [-0.3, -0.25) is 9.59 Å². The normalized spacial score (nSPS) is 10.5. The number of carbonyl (C=O) groups excluding carboxylic acids is 2. The van der Waals surface area contributed by atoms with Gasteiger partial charge in [-0.25, -0.2) is 4.57 Å². The predicted molar refractivity (Wildman–Crippen MR) is 94.1 cm³/mol. The third kappa shape index (κ3) is 9.64. The Labute approximate surface area is 147 Å². The van der Waals surface area contributed by atoms with Crippen molar-refractivity contribution in [1.29, 1.82) is 0 Å². The van der Waals surface area contributed by atoms with Crippen LogP contribution in [-0.2, 0) is 4.57 Å². The molecule has 0 aliphatic carbocycles. The van der Waals surface area contributed by atoms with Gasteiger partial charge in [-0.05, 0) is 0 Å². The first kappa shape index (κ1) is 20.6. The van der Waals surface area contributed by atoms with Crippen LogP contribution >= 0.6 is 31.7 Å². The van der Waals surface area contributed by atoms with Crippen LogP contribution in [-0.4, -0.2) is 24.9 Å². The van der Waals surface area contributed by atoms with Crippen molar-refractivity contribution in [3.63, 3.8) is 0 Å². The van der Waals surface area contributed by atoms with Crippen LogP contribution in [0.2, 0.25) is 0 Å². The van der Waals surface area contributed by atoms with Crippen LogP contribution in [0.15, 0.2) is 60.7 Å². The fourth-order valence-electron chi connectivity index (χ4n) is 1.36. The lowest BCUT2D eigenvalue weighted by Crippen LogP contribution is -2.04. The Bertz CT molecular complexity index is 648. The molecule has 0 bridgehead atoms. The quantitative estimate of drug-likeness (QED) is 0.463. The van der Waals surface area contributed by atoms with E-state index in [1.54, 1.807) is 48.5 Å². The van der Waals surface area contributed by atoms with Crippen LogP contribution in [0.1, 0.15) is 20.7 Å². The van der Waals surface area contributed by atoms with Gasteiger partial charge in [0.15, 0.2) is 0 Å². The van der Waals surface area contributed by atoms with Crippen molar-refractivity contribution in [3.05, 3.63) is 71.8 Å². The minimum atomic E-state index is -4.64. The van der Waals surface area contributed by atoms with Gasteiger partial charge in [-0.2, -0.15) is 4.13 Å². The number of rotatable bonds is 4. The van der Waals surface area contributed by atoms with Crippen LogP contribution in [0, 0.1) is 0 Å². The fraction of sp³-hybridized carbons (Fsp3) is 0. The van der Waals surface area contributed by atoms with Gasteiger partial charge in [-0.1, -0.05) is 60.7 Å². The number of carbonyl (C=O) groups is 2. The molecule has 0 aliphatic heterocycles. The highest BCUT2D eigenvalue weighted by Crippen LogP contribution is 2.25. The van der Waals surface area contributed by atoms with Crippen molar-refractivity contribution in [2.75, 3.05) is 0 Å². The molecule has 24 heavy (non-hydrogen) atoms. The van der Waals surface area contributed by atoms with E-state index < -0.39 is 7.82 Å². The molecule has 0 unspecified atom stereocenters. The molecule has 0 atom stereocenters. The fourth-order valence-corrected chi connectivity index (χ4v) is 2.64. The van der Waals surface area contributed by atoms with Crippen molar-refractivity contribution >= 4 is 41.9 Å². The van der Waals surface area contributed by atoms with E-state index in [9.17, 15) is 9.59 Å². The average molecular weight is 387 g/mol. The molecular formula is C14H14NO6PS2. The zero-order valence-electron chi connectivity index (χ0n) is 12.1. The lowest BCUT2D eigenvalue weighted by atomic mass is 10.2. The highest BCUT2D eigenvalue weighted by Gasteiger charge is 2.09. The minimum Gasteiger partial charge on any atom is -0.303 e. The summed E-state index contributed by atoms with van der Waals surface area (Å²) in [5, 5.41) is -0.233. The monoisotopic (exact) mass is 387 g/mol. The summed E-state index contributed by atoms with van der Waals surface area (Å²) in [5.41, 5.74) is 1.21. The first-order valence-electron chi connectivity index (χ1n) is 6.33. The zero-order chi connectivity index (χ0) is 18.0. The van der Waals surface area contributed by atoms with Crippen LogP contribution in [0.25, 0.3) is 0 Å². The molecule has 2 aromatic rings. The molecule has 0 aliphatic rings. The summed E-state index contributed by atoms with van der Waals surface area (Å²) < 4.78 is 11.6. The molecule has 7 nitrogen and oxygen atoms in total. The number of nitrogens with one attached hydrogen (secondary N) is 1. The first-order chi connectivity index (χ1) is 11.3. The van der Waals surface area contributed by atoms with E-state index in [1.165, 1.54) is 0 Å². The molecule has 0 saturated carbocycles. The molecule has 4 N–H and O–H groups in total. The minimum absolute atomic E-state index is 0.117. The van der Waals surface area contributed by atoms with Gasteiger partial charge in [-0.15, -0.1) is 0 Å². The smallest absolute Gasteiger partial charge is 0.303 e. The van der Waals surface area contributed by atoms with Crippen LogP contribution < -0.4 is 4.13 Å². The highest BCUT2D eigenvalue weighted by molar-refractivity contribution is 8.26. The van der Waals surface area contributed by atoms with Crippen LogP contribution in [0.3, 0.4) is 0 Å². The molecule has 2 rings (SSSR count). The van der Waals surface area contributed by atoms with E-state index in [-0.39, 0.29) is 10.2 Å². The molecule has 0 amide bonds. The van der Waals surface area contributed by atoms with E-state index in [2.05, 4.69) is 4.13 Å². The second-order valence-electron chi connectivity index (χ2n) is 4.11. The molecule has 128 valence electrons. The first-order valence-corrected chi connectivity index (χ1v) is 9.53. The third-order valence-electron chi connectivity index (χ3n) is 2.29. The number of hydrogen-bond acceptors (Lipinski definition) is 6. The number of benzene rings is 2.